The first-order valence-electron chi connectivity index (χ1n) is 6.35. The lowest BCUT2D eigenvalue weighted by atomic mass is 10.2. The zero-order valence-corrected chi connectivity index (χ0v) is 11.8. The summed E-state index contributed by atoms with van der Waals surface area (Å²) in [7, 11) is 0. The zero-order valence-electron chi connectivity index (χ0n) is 11.8. The number of ether oxygens (including phenoxy) is 1. The summed E-state index contributed by atoms with van der Waals surface area (Å²) in [6.45, 7) is 5.53. The van der Waals surface area contributed by atoms with Gasteiger partial charge in [0.2, 0.25) is 0 Å². The first kappa shape index (κ1) is 14.0. The molecule has 1 aromatic carbocycles. The van der Waals surface area contributed by atoms with E-state index in [1.54, 1.807) is 13.0 Å². The molecule has 0 aliphatic carbocycles. The number of nitrogens with one attached hydrogen (secondary N) is 1. The van der Waals surface area contributed by atoms with Gasteiger partial charge in [0.25, 0.3) is 5.91 Å². The average molecular weight is 271 g/mol. The molecule has 2 aromatic rings. The van der Waals surface area contributed by atoms with E-state index in [-0.39, 0.29) is 12.5 Å². The van der Waals surface area contributed by atoms with Crippen LogP contribution in [-0.2, 0) is 4.79 Å². The summed E-state index contributed by atoms with van der Waals surface area (Å²) in [5, 5.41) is 2.70. The molecule has 0 unspecified atom stereocenters. The molecule has 1 heterocycles. The summed E-state index contributed by atoms with van der Waals surface area (Å²) in [5.74, 6) is 1.58. The van der Waals surface area contributed by atoms with Gasteiger partial charge in [-0.3, -0.25) is 4.79 Å². The van der Waals surface area contributed by atoms with Gasteiger partial charge in [-0.1, -0.05) is 18.2 Å². The highest BCUT2D eigenvalue weighted by Gasteiger charge is 2.07. The number of rotatable bonds is 4. The molecule has 1 aromatic heterocycles. The second-order valence-corrected chi connectivity index (χ2v) is 4.54. The molecule has 0 bridgehead atoms. The van der Waals surface area contributed by atoms with Crippen molar-refractivity contribution in [3.05, 3.63) is 47.4 Å². The van der Waals surface area contributed by atoms with Crippen molar-refractivity contribution in [2.75, 3.05) is 11.9 Å². The number of carbonyl (C=O) groups excluding carboxylic acids is 1. The lowest BCUT2D eigenvalue weighted by molar-refractivity contribution is -0.118. The maximum atomic E-state index is 11.8. The van der Waals surface area contributed by atoms with E-state index in [9.17, 15) is 4.79 Å². The Labute approximate surface area is 118 Å². The quantitative estimate of drug-likeness (QED) is 0.927. The van der Waals surface area contributed by atoms with E-state index in [1.807, 2.05) is 38.1 Å². The molecule has 0 atom stereocenters. The number of aryl methyl sites for hydroxylation is 3. The van der Waals surface area contributed by atoms with Crippen LogP contribution in [0.3, 0.4) is 0 Å². The first-order valence-corrected chi connectivity index (χ1v) is 6.35. The van der Waals surface area contributed by atoms with Gasteiger partial charge in [-0.15, -0.1) is 0 Å². The van der Waals surface area contributed by atoms with Gasteiger partial charge in [0.15, 0.2) is 6.61 Å². The molecule has 0 fully saturated rings. The minimum atomic E-state index is -0.245. The average Bonchev–Trinajstić information content (AvgIpc) is 2.36. The van der Waals surface area contributed by atoms with Crippen LogP contribution in [0.25, 0.3) is 0 Å². The normalized spacial score (nSPS) is 10.2. The smallest absolute Gasteiger partial charge is 0.263 e. The molecule has 1 N–H and O–H groups in total. The predicted molar refractivity (Wildman–Crippen MR) is 76.8 cm³/mol. The van der Waals surface area contributed by atoms with E-state index in [0.717, 1.165) is 11.3 Å². The van der Waals surface area contributed by atoms with Gasteiger partial charge in [0.1, 0.15) is 17.4 Å². The van der Waals surface area contributed by atoms with Gasteiger partial charge in [0.05, 0.1) is 0 Å². The van der Waals surface area contributed by atoms with Gasteiger partial charge in [-0.25, -0.2) is 9.97 Å². The van der Waals surface area contributed by atoms with Crippen molar-refractivity contribution in [2.24, 2.45) is 0 Å². The van der Waals surface area contributed by atoms with E-state index in [2.05, 4.69) is 15.3 Å². The molecule has 0 spiro atoms. The molecule has 2 rings (SSSR count). The summed E-state index contributed by atoms with van der Waals surface area (Å²) >= 11 is 0. The van der Waals surface area contributed by atoms with Crippen LogP contribution in [0.15, 0.2) is 30.3 Å². The maximum absolute atomic E-state index is 11.8. The number of hydrogen-bond acceptors (Lipinski definition) is 4. The van der Waals surface area contributed by atoms with Crippen LogP contribution in [0.5, 0.6) is 5.75 Å². The number of anilines is 1. The van der Waals surface area contributed by atoms with Crippen LogP contribution in [0, 0.1) is 20.8 Å². The van der Waals surface area contributed by atoms with E-state index in [4.69, 9.17) is 4.74 Å². The fourth-order valence-electron chi connectivity index (χ4n) is 1.82. The highest BCUT2D eigenvalue weighted by atomic mass is 16.5. The molecule has 0 aliphatic heterocycles. The number of para-hydroxylation sites is 1. The van der Waals surface area contributed by atoms with Crippen LogP contribution in [0.1, 0.15) is 17.1 Å². The fourth-order valence-corrected chi connectivity index (χ4v) is 1.82. The highest BCUT2D eigenvalue weighted by Crippen LogP contribution is 2.16. The van der Waals surface area contributed by atoms with Crippen molar-refractivity contribution in [1.82, 2.24) is 9.97 Å². The third-order valence-corrected chi connectivity index (χ3v) is 2.69. The van der Waals surface area contributed by atoms with Crippen molar-refractivity contribution in [3.8, 4) is 5.75 Å². The second-order valence-electron chi connectivity index (χ2n) is 4.54. The van der Waals surface area contributed by atoms with E-state index in [1.165, 1.54) is 0 Å². The summed E-state index contributed by atoms with van der Waals surface area (Å²) < 4.78 is 5.48. The number of benzene rings is 1. The number of amides is 1. The monoisotopic (exact) mass is 271 g/mol. The third kappa shape index (κ3) is 3.78. The van der Waals surface area contributed by atoms with E-state index in [0.29, 0.717) is 17.4 Å². The Hall–Kier alpha value is -2.43. The van der Waals surface area contributed by atoms with Gasteiger partial charge in [-0.2, -0.15) is 0 Å². The second kappa shape index (κ2) is 6.14. The summed E-state index contributed by atoms with van der Waals surface area (Å²) in [4.78, 5) is 20.1. The lowest BCUT2D eigenvalue weighted by Gasteiger charge is -2.09. The van der Waals surface area contributed by atoms with E-state index < -0.39 is 0 Å². The molecule has 0 saturated carbocycles. The lowest BCUT2D eigenvalue weighted by Crippen LogP contribution is -2.21. The minimum Gasteiger partial charge on any atom is -0.483 e. The van der Waals surface area contributed by atoms with Crippen molar-refractivity contribution >= 4 is 11.7 Å². The largest absolute Gasteiger partial charge is 0.483 e. The number of carbonyl (C=O) groups is 1. The Bertz CT molecular complexity index is 606. The Balaban J connectivity index is 1.94. The van der Waals surface area contributed by atoms with Crippen LogP contribution in [0.2, 0.25) is 0 Å². The van der Waals surface area contributed by atoms with Crippen LogP contribution in [0.4, 0.5) is 5.82 Å². The van der Waals surface area contributed by atoms with Crippen molar-refractivity contribution in [1.29, 1.82) is 0 Å². The first-order chi connectivity index (χ1) is 9.54. The highest BCUT2D eigenvalue weighted by molar-refractivity contribution is 5.91. The van der Waals surface area contributed by atoms with Crippen LogP contribution < -0.4 is 10.1 Å². The van der Waals surface area contributed by atoms with Gasteiger partial charge in [0, 0.05) is 11.8 Å². The molecular weight excluding hydrogens is 254 g/mol. The molecule has 5 heteroatoms. The zero-order chi connectivity index (χ0) is 14.5. The van der Waals surface area contributed by atoms with Crippen LogP contribution >= 0.6 is 0 Å². The maximum Gasteiger partial charge on any atom is 0.263 e. The Morgan fingerprint density at radius 1 is 1.20 bits per heavy atom. The number of nitrogens with zero attached hydrogens (tertiary/aromatic N) is 2. The van der Waals surface area contributed by atoms with Crippen molar-refractivity contribution in [3.63, 3.8) is 0 Å². The Morgan fingerprint density at radius 2 is 1.95 bits per heavy atom. The predicted octanol–water partition coefficient (Wildman–Crippen LogP) is 2.42. The molecule has 5 nitrogen and oxygen atoms in total. The molecule has 1 amide bonds. The fraction of sp³-hybridized carbons (Fsp3) is 0.267. The van der Waals surface area contributed by atoms with Crippen molar-refractivity contribution in [2.45, 2.75) is 20.8 Å². The summed E-state index contributed by atoms with van der Waals surface area (Å²) in [5.41, 5.74) is 1.81. The molecular formula is C15H17N3O2. The molecule has 104 valence electrons. The summed E-state index contributed by atoms with van der Waals surface area (Å²) in [6, 6.07) is 9.29. The standard InChI is InChI=1S/C15H17N3O2/c1-10-6-4-5-7-13(10)20-9-15(19)18-14-8-11(2)16-12(3)17-14/h4-8H,9H2,1-3H3,(H,16,17,18,19). The number of hydrogen-bond donors (Lipinski definition) is 1. The third-order valence-electron chi connectivity index (χ3n) is 2.69. The Morgan fingerprint density at radius 3 is 2.65 bits per heavy atom. The Kier molecular flexibility index (Phi) is 4.30. The summed E-state index contributed by atoms with van der Waals surface area (Å²) in [6.07, 6.45) is 0. The topological polar surface area (TPSA) is 64.1 Å². The van der Waals surface area contributed by atoms with Gasteiger partial charge in [-0.05, 0) is 32.4 Å². The van der Waals surface area contributed by atoms with Crippen molar-refractivity contribution < 1.29 is 9.53 Å². The molecule has 0 aliphatic rings. The van der Waals surface area contributed by atoms with Gasteiger partial charge >= 0.3 is 0 Å². The molecule has 20 heavy (non-hydrogen) atoms. The minimum absolute atomic E-state index is 0.0487. The van der Waals surface area contributed by atoms with E-state index >= 15 is 0 Å². The number of aromatic nitrogens is 2. The molecule has 0 saturated heterocycles. The SMILES string of the molecule is Cc1cc(NC(=O)COc2ccccc2C)nc(C)n1. The van der Waals surface area contributed by atoms with Gasteiger partial charge < -0.3 is 10.1 Å². The van der Waals surface area contributed by atoms with Crippen LogP contribution in [-0.4, -0.2) is 22.5 Å². The molecule has 0 radical (unpaired) electrons.